The van der Waals surface area contributed by atoms with E-state index < -0.39 is 0 Å². The third-order valence-electron chi connectivity index (χ3n) is 2.02. The maximum Gasteiger partial charge on any atom is 0.0354 e. The van der Waals surface area contributed by atoms with Crippen molar-refractivity contribution in [3.8, 4) is 0 Å². The molecule has 1 heterocycles. The van der Waals surface area contributed by atoms with E-state index in [1.807, 2.05) is 24.5 Å². The molecule has 0 radical (unpaired) electrons. The van der Waals surface area contributed by atoms with Crippen LogP contribution in [-0.4, -0.2) is 23.1 Å². The molecule has 1 aromatic heterocycles. The first-order chi connectivity index (χ1) is 6.36. The Kier molecular flexibility index (Phi) is 4.43. The lowest BCUT2D eigenvalue weighted by Crippen LogP contribution is -2.36. The topological polar surface area (TPSA) is 28.2 Å². The molecule has 0 bridgehead atoms. The molecule has 3 nitrogen and oxygen atoms in total. The lowest BCUT2D eigenvalue weighted by atomic mass is 10.3. The minimum absolute atomic E-state index is 0.879. The standard InChI is InChI=1S/C10H17N3/c1-3-13(4-2)12-9-10-5-7-11-8-6-10/h5-8,12H,3-4,9H2,1-2H3. The summed E-state index contributed by atoms with van der Waals surface area (Å²) in [6.07, 6.45) is 3.64. The Balaban J connectivity index is 2.34. The van der Waals surface area contributed by atoms with Crippen LogP contribution in [0.2, 0.25) is 0 Å². The van der Waals surface area contributed by atoms with Crippen LogP contribution in [0.15, 0.2) is 24.5 Å². The number of aromatic nitrogens is 1. The SMILES string of the molecule is CCN(CC)NCc1ccncc1. The van der Waals surface area contributed by atoms with Crippen LogP contribution in [0, 0.1) is 0 Å². The summed E-state index contributed by atoms with van der Waals surface area (Å²) in [5.41, 5.74) is 4.61. The first-order valence-corrected chi connectivity index (χ1v) is 4.74. The van der Waals surface area contributed by atoms with Crippen molar-refractivity contribution in [2.45, 2.75) is 20.4 Å². The Bertz CT molecular complexity index is 219. The summed E-state index contributed by atoms with van der Waals surface area (Å²) in [6.45, 7) is 7.22. The van der Waals surface area contributed by atoms with Crippen molar-refractivity contribution in [2.75, 3.05) is 13.1 Å². The zero-order valence-corrected chi connectivity index (χ0v) is 8.33. The van der Waals surface area contributed by atoms with Crippen LogP contribution in [0.1, 0.15) is 19.4 Å². The number of hydrogen-bond donors (Lipinski definition) is 1. The molecule has 0 aliphatic carbocycles. The Morgan fingerprint density at radius 2 is 1.85 bits per heavy atom. The Hall–Kier alpha value is -0.930. The average molecular weight is 179 g/mol. The largest absolute Gasteiger partial charge is 0.265 e. The highest BCUT2D eigenvalue weighted by Gasteiger charge is 1.96. The molecule has 0 aliphatic heterocycles. The molecule has 72 valence electrons. The fraction of sp³-hybridized carbons (Fsp3) is 0.500. The van der Waals surface area contributed by atoms with Gasteiger partial charge in [0.05, 0.1) is 0 Å². The molecule has 1 N–H and O–H groups in total. The van der Waals surface area contributed by atoms with Gasteiger partial charge in [0.1, 0.15) is 0 Å². The predicted octanol–water partition coefficient (Wildman–Crippen LogP) is 1.43. The van der Waals surface area contributed by atoms with Gasteiger partial charge in [-0.3, -0.25) is 10.4 Å². The van der Waals surface area contributed by atoms with E-state index in [4.69, 9.17) is 0 Å². The van der Waals surface area contributed by atoms with Gasteiger partial charge in [-0.2, -0.15) is 0 Å². The summed E-state index contributed by atoms with van der Waals surface area (Å²) in [5, 5.41) is 2.18. The molecular formula is C10H17N3. The molecule has 0 aliphatic rings. The van der Waals surface area contributed by atoms with Crippen LogP contribution in [0.3, 0.4) is 0 Å². The molecule has 0 saturated heterocycles. The van der Waals surface area contributed by atoms with Crippen molar-refractivity contribution in [1.82, 2.24) is 15.4 Å². The minimum atomic E-state index is 0.879. The Labute approximate surface area is 79.8 Å². The molecule has 0 saturated carbocycles. The summed E-state index contributed by atoms with van der Waals surface area (Å²) in [6, 6.07) is 4.05. The smallest absolute Gasteiger partial charge is 0.0354 e. The van der Waals surface area contributed by atoms with E-state index >= 15 is 0 Å². The number of hydrogen-bond acceptors (Lipinski definition) is 3. The highest BCUT2D eigenvalue weighted by molar-refractivity contribution is 5.08. The van der Waals surface area contributed by atoms with Crippen molar-refractivity contribution in [3.63, 3.8) is 0 Å². The molecule has 0 amide bonds. The molecule has 3 heteroatoms. The van der Waals surface area contributed by atoms with E-state index in [1.54, 1.807) is 0 Å². The highest BCUT2D eigenvalue weighted by Crippen LogP contribution is 1.95. The van der Waals surface area contributed by atoms with Gasteiger partial charge < -0.3 is 0 Å². The number of nitrogens with zero attached hydrogens (tertiary/aromatic N) is 2. The van der Waals surface area contributed by atoms with Crippen molar-refractivity contribution in [2.24, 2.45) is 0 Å². The van der Waals surface area contributed by atoms with E-state index in [9.17, 15) is 0 Å². The van der Waals surface area contributed by atoms with E-state index in [0.717, 1.165) is 19.6 Å². The summed E-state index contributed by atoms with van der Waals surface area (Å²) < 4.78 is 0. The third kappa shape index (κ3) is 3.53. The quantitative estimate of drug-likeness (QED) is 0.693. The van der Waals surface area contributed by atoms with Gasteiger partial charge in [-0.05, 0) is 17.7 Å². The van der Waals surface area contributed by atoms with Gasteiger partial charge in [-0.25, -0.2) is 5.01 Å². The number of hydrazine groups is 1. The normalized spacial score (nSPS) is 10.7. The minimum Gasteiger partial charge on any atom is -0.265 e. The van der Waals surface area contributed by atoms with E-state index in [0.29, 0.717) is 0 Å². The molecule has 0 spiro atoms. The zero-order chi connectivity index (χ0) is 9.52. The Morgan fingerprint density at radius 3 is 2.38 bits per heavy atom. The fourth-order valence-electron chi connectivity index (χ4n) is 1.15. The third-order valence-corrected chi connectivity index (χ3v) is 2.02. The second kappa shape index (κ2) is 5.67. The van der Waals surface area contributed by atoms with Gasteiger partial charge in [-0.1, -0.05) is 13.8 Å². The maximum atomic E-state index is 3.97. The highest BCUT2D eigenvalue weighted by atomic mass is 15.5. The second-order valence-corrected chi connectivity index (χ2v) is 2.86. The van der Waals surface area contributed by atoms with E-state index in [-0.39, 0.29) is 0 Å². The van der Waals surface area contributed by atoms with Crippen molar-refractivity contribution in [3.05, 3.63) is 30.1 Å². The summed E-state index contributed by atoms with van der Waals surface area (Å²) >= 11 is 0. The zero-order valence-electron chi connectivity index (χ0n) is 8.33. The van der Waals surface area contributed by atoms with Crippen molar-refractivity contribution in [1.29, 1.82) is 0 Å². The molecule has 0 aromatic carbocycles. The average Bonchev–Trinajstić information content (AvgIpc) is 2.21. The number of nitrogens with one attached hydrogen (secondary N) is 1. The van der Waals surface area contributed by atoms with Gasteiger partial charge >= 0.3 is 0 Å². The summed E-state index contributed by atoms with van der Waals surface area (Å²) in [4.78, 5) is 3.97. The fourth-order valence-corrected chi connectivity index (χ4v) is 1.15. The molecular weight excluding hydrogens is 162 g/mol. The van der Waals surface area contributed by atoms with E-state index in [2.05, 4.69) is 29.3 Å². The number of rotatable bonds is 5. The number of pyridine rings is 1. The van der Waals surface area contributed by atoms with Gasteiger partial charge in [0.2, 0.25) is 0 Å². The molecule has 0 atom stereocenters. The van der Waals surface area contributed by atoms with Crippen molar-refractivity contribution < 1.29 is 0 Å². The molecule has 1 aromatic rings. The summed E-state index contributed by atoms with van der Waals surface area (Å²) in [7, 11) is 0. The summed E-state index contributed by atoms with van der Waals surface area (Å²) in [5.74, 6) is 0. The predicted molar refractivity (Wildman–Crippen MR) is 54.0 cm³/mol. The van der Waals surface area contributed by atoms with Gasteiger partial charge in [0.25, 0.3) is 0 Å². The van der Waals surface area contributed by atoms with Gasteiger partial charge in [0.15, 0.2) is 0 Å². The van der Waals surface area contributed by atoms with Crippen LogP contribution < -0.4 is 5.43 Å². The lowest BCUT2D eigenvalue weighted by molar-refractivity contribution is 0.205. The first kappa shape index (κ1) is 10.2. The molecule has 0 unspecified atom stereocenters. The van der Waals surface area contributed by atoms with Crippen LogP contribution in [-0.2, 0) is 6.54 Å². The monoisotopic (exact) mass is 179 g/mol. The van der Waals surface area contributed by atoms with E-state index in [1.165, 1.54) is 5.56 Å². The molecule has 13 heavy (non-hydrogen) atoms. The van der Waals surface area contributed by atoms with Crippen LogP contribution in [0.5, 0.6) is 0 Å². The first-order valence-electron chi connectivity index (χ1n) is 4.74. The molecule has 1 rings (SSSR count). The van der Waals surface area contributed by atoms with Crippen LogP contribution in [0.25, 0.3) is 0 Å². The maximum absolute atomic E-state index is 3.97. The Morgan fingerprint density at radius 1 is 1.23 bits per heavy atom. The second-order valence-electron chi connectivity index (χ2n) is 2.86. The van der Waals surface area contributed by atoms with Crippen molar-refractivity contribution >= 4 is 0 Å². The van der Waals surface area contributed by atoms with Gasteiger partial charge in [0, 0.05) is 32.0 Å². The molecule has 0 fully saturated rings. The lowest BCUT2D eigenvalue weighted by Gasteiger charge is -2.19. The van der Waals surface area contributed by atoms with Crippen LogP contribution in [0.4, 0.5) is 0 Å². The van der Waals surface area contributed by atoms with Crippen LogP contribution >= 0.6 is 0 Å². The van der Waals surface area contributed by atoms with Gasteiger partial charge in [-0.15, -0.1) is 0 Å².